The van der Waals surface area contributed by atoms with Crippen molar-refractivity contribution in [2.45, 2.75) is 17.0 Å². The van der Waals surface area contributed by atoms with Crippen molar-refractivity contribution in [2.75, 3.05) is 13.2 Å². The zero-order valence-corrected chi connectivity index (χ0v) is 10.4. The van der Waals surface area contributed by atoms with Crippen molar-refractivity contribution >= 4 is 22.6 Å². The zero-order chi connectivity index (χ0) is 10.5. The second kappa shape index (κ2) is 5.79. The average Bonchev–Trinajstić information content (AvgIpc) is 2.66. The van der Waals surface area contributed by atoms with Crippen LogP contribution in [0, 0.1) is 0 Å². The van der Waals surface area contributed by atoms with Crippen LogP contribution in [-0.4, -0.2) is 23.6 Å². The molecule has 3 nitrogen and oxygen atoms in total. The molecule has 0 spiro atoms. The Hall–Kier alpha value is -0.170. The molecule has 0 amide bonds. The third kappa shape index (κ3) is 3.71. The molecule has 2 atom stereocenters. The molecule has 2 rings (SSSR count). The van der Waals surface area contributed by atoms with E-state index in [0.29, 0.717) is 19.8 Å². The summed E-state index contributed by atoms with van der Waals surface area (Å²) in [5.41, 5.74) is 1.17. The average molecular weight is 320 g/mol. The molecule has 1 aromatic rings. The first kappa shape index (κ1) is 11.3. The fourth-order valence-electron chi connectivity index (χ4n) is 1.36. The number of rotatable bonds is 4. The lowest BCUT2D eigenvalue weighted by Gasteiger charge is -2.09. The van der Waals surface area contributed by atoms with Gasteiger partial charge in [-0.25, -0.2) is 0 Å². The Bertz CT molecular complexity index is 291. The van der Waals surface area contributed by atoms with Gasteiger partial charge < -0.3 is 14.2 Å². The summed E-state index contributed by atoms with van der Waals surface area (Å²) in [5.74, 6) is 0. The highest BCUT2D eigenvalue weighted by molar-refractivity contribution is 14.1. The second-order valence-corrected chi connectivity index (χ2v) is 4.70. The van der Waals surface area contributed by atoms with Gasteiger partial charge in [0.25, 0.3) is 0 Å². The Morgan fingerprint density at radius 1 is 1.33 bits per heavy atom. The topological polar surface area (TPSA) is 27.7 Å². The van der Waals surface area contributed by atoms with Crippen LogP contribution in [0.2, 0.25) is 0 Å². The molecule has 0 bridgehead atoms. The molecule has 1 aliphatic rings. The maximum Gasteiger partial charge on any atom is 0.182 e. The van der Waals surface area contributed by atoms with E-state index in [1.807, 2.05) is 30.3 Å². The molecular weight excluding hydrogens is 307 g/mol. The van der Waals surface area contributed by atoms with Crippen molar-refractivity contribution in [2.24, 2.45) is 0 Å². The van der Waals surface area contributed by atoms with Crippen molar-refractivity contribution < 1.29 is 14.2 Å². The summed E-state index contributed by atoms with van der Waals surface area (Å²) in [4.78, 5) is 0. The van der Waals surface area contributed by atoms with E-state index in [1.165, 1.54) is 5.56 Å². The molecule has 0 saturated carbocycles. The molecule has 15 heavy (non-hydrogen) atoms. The zero-order valence-electron chi connectivity index (χ0n) is 8.27. The van der Waals surface area contributed by atoms with Crippen LogP contribution in [0.1, 0.15) is 5.56 Å². The van der Waals surface area contributed by atoms with Crippen molar-refractivity contribution in [3.63, 3.8) is 0 Å². The minimum Gasteiger partial charge on any atom is -0.371 e. The van der Waals surface area contributed by atoms with Gasteiger partial charge in [-0.15, -0.1) is 0 Å². The van der Waals surface area contributed by atoms with Gasteiger partial charge in [0, 0.05) is 0 Å². The van der Waals surface area contributed by atoms with Gasteiger partial charge >= 0.3 is 0 Å². The standard InChI is InChI=1S/C11H13IO3/c12-10-7-14-11(15-10)8-13-6-9-4-2-1-3-5-9/h1-5,10-11H,6-8H2/t10-,11?/m0/s1. The molecule has 1 aromatic carbocycles. The molecule has 0 aromatic heterocycles. The van der Waals surface area contributed by atoms with Gasteiger partial charge in [0.15, 0.2) is 6.29 Å². The van der Waals surface area contributed by atoms with E-state index < -0.39 is 0 Å². The van der Waals surface area contributed by atoms with Gasteiger partial charge in [-0.2, -0.15) is 0 Å². The molecule has 1 aliphatic heterocycles. The lowest BCUT2D eigenvalue weighted by molar-refractivity contribution is -0.0990. The van der Waals surface area contributed by atoms with Gasteiger partial charge in [0.05, 0.1) is 19.8 Å². The summed E-state index contributed by atoms with van der Waals surface area (Å²) in [6.07, 6.45) is -0.199. The van der Waals surface area contributed by atoms with Crippen LogP contribution in [-0.2, 0) is 20.8 Å². The number of benzene rings is 1. The number of alkyl halides is 1. The molecule has 1 fully saturated rings. The summed E-state index contributed by atoms with van der Waals surface area (Å²) in [7, 11) is 0. The smallest absolute Gasteiger partial charge is 0.182 e. The molecule has 0 N–H and O–H groups in total. The summed E-state index contributed by atoms with van der Waals surface area (Å²) in [6, 6.07) is 10.1. The molecular formula is C11H13IO3. The first-order chi connectivity index (χ1) is 7.34. The van der Waals surface area contributed by atoms with E-state index in [-0.39, 0.29) is 10.4 Å². The summed E-state index contributed by atoms with van der Waals surface area (Å²) >= 11 is 2.21. The van der Waals surface area contributed by atoms with Crippen LogP contribution < -0.4 is 0 Å². The summed E-state index contributed by atoms with van der Waals surface area (Å²) < 4.78 is 16.4. The monoisotopic (exact) mass is 320 g/mol. The fourth-order valence-corrected chi connectivity index (χ4v) is 1.90. The van der Waals surface area contributed by atoms with Crippen LogP contribution in [0.15, 0.2) is 30.3 Å². The minimum absolute atomic E-state index is 0.160. The SMILES string of the molecule is I[C@@H]1COC(COCc2ccccc2)O1. The second-order valence-electron chi connectivity index (χ2n) is 3.31. The van der Waals surface area contributed by atoms with Crippen LogP contribution in [0.25, 0.3) is 0 Å². The van der Waals surface area contributed by atoms with Crippen molar-refractivity contribution in [1.82, 2.24) is 0 Å². The van der Waals surface area contributed by atoms with Gasteiger partial charge in [0.1, 0.15) is 4.11 Å². The molecule has 4 heteroatoms. The number of ether oxygens (including phenoxy) is 3. The minimum atomic E-state index is -0.199. The Morgan fingerprint density at radius 2 is 2.13 bits per heavy atom. The van der Waals surface area contributed by atoms with Gasteiger partial charge in [-0.3, -0.25) is 0 Å². The first-order valence-electron chi connectivity index (χ1n) is 4.87. The predicted octanol–water partition coefficient (Wildman–Crippen LogP) is 2.34. The number of halogens is 1. The molecule has 82 valence electrons. The number of hydrogen-bond donors (Lipinski definition) is 0. The van der Waals surface area contributed by atoms with Crippen LogP contribution in [0.4, 0.5) is 0 Å². The Kier molecular flexibility index (Phi) is 4.37. The van der Waals surface area contributed by atoms with Crippen LogP contribution in [0.5, 0.6) is 0 Å². The normalized spacial score (nSPS) is 25.7. The van der Waals surface area contributed by atoms with Crippen molar-refractivity contribution in [1.29, 1.82) is 0 Å². The fraction of sp³-hybridized carbons (Fsp3) is 0.455. The number of hydrogen-bond acceptors (Lipinski definition) is 3. The van der Waals surface area contributed by atoms with Crippen LogP contribution in [0.3, 0.4) is 0 Å². The summed E-state index contributed by atoms with van der Waals surface area (Å²) in [6.45, 7) is 1.75. The highest BCUT2D eigenvalue weighted by Gasteiger charge is 2.23. The van der Waals surface area contributed by atoms with Gasteiger partial charge in [-0.1, -0.05) is 30.3 Å². The van der Waals surface area contributed by atoms with Gasteiger partial charge in [-0.05, 0) is 28.2 Å². The molecule has 0 aliphatic carbocycles. The van der Waals surface area contributed by atoms with Crippen molar-refractivity contribution in [3.05, 3.63) is 35.9 Å². The molecule has 1 saturated heterocycles. The highest BCUT2D eigenvalue weighted by atomic mass is 127. The van der Waals surface area contributed by atoms with E-state index in [1.54, 1.807) is 0 Å². The quantitative estimate of drug-likeness (QED) is 0.630. The third-order valence-electron chi connectivity index (χ3n) is 2.08. The lowest BCUT2D eigenvalue weighted by Crippen LogP contribution is -2.16. The molecule has 1 heterocycles. The Morgan fingerprint density at radius 3 is 2.80 bits per heavy atom. The summed E-state index contributed by atoms with van der Waals surface area (Å²) in [5, 5.41) is 0. The Balaban J connectivity index is 1.67. The van der Waals surface area contributed by atoms with Gasteiger partial charge in [0.2, 0.25) is 0 Å². The largest absolute Gasteiger partial charge is 0.371 e. The molecule has 0 radical (unpaired) electrons. The van der Waals surface area contributed by atoms with Crippen LogP contribution >= 0.6 is 22.6 Å². The van der Waals surface area contributed by atoms with E-state index >= 15 is 0 Å². The lowest BCUT2D eigenvalue weighted by atomic mass is 10.2. The van der Waals surface area contributed by atoms with E-state index in [2.05, 4.69) is 22.6 Å². The Labute approximate surface area is 103 Å². The maximum atomic E-state index is 5.50. The van der Waals surface area contributed by atoms with E-state index in [4.69, 9.17) is 14.2 Å². The highest BCUT2D eigenvalue weighted by Crippen LogP contribution is 2.17. The van der Waals surface area contributed by atoms with E-state index in [9.17, 15) is 0 Å². The van der Waals surface area contributed by atoms with E-state index in [0.717, 1.165) is 0 Å². The molecule has 1 unspecified atom stereocenters. The third-order valence-corrected chi connectivity index (χ3v) is 2.73. The first-order valence-corrected chi connectivity index (χ1v) is 6.12. The predicted molar refractivity (Wildman–Crippen MR) is 64.7 cm³/mol. The maximum absolute atomic E-state index is 5.50. The van der Waals surface area contributed by atoms with Crippen molar-refractivity contribution in [3.8, 4) is 0 Å².